The van der Waals surface area contributed by atoms with Gasteiger partial charge in [-0.2, -0.15) is 0 Å². The molecule has 102 valence electrons. The minimum Gasteiger partial charge on any atom is -0.481 e. The molecule has 0 radical (unpaired) electrons. The number of hydrogen-bond acceptors (Lipinski definition) is 1. The molecule has 0 unspecified atom stereocenters. The van der Waals surface area contributed by atoms with Crippen molar-refractivity contribution in [2.24, 2.45) is 0 Å². The van der Waals surface area contributed by atoms with Gasteiger partial charge in [0.1, 0.15) is 0 Å². The zero-order valence-electron chi connectivity index (χ0n) is 11.0. The number of carboxylic acid groups (broad SMARTS) is 1. The quantitative estimate of drug-likeness (QED) is 0.882. The average Bonchev–Trinajstić information content (AvgIpc) is 3.23. The molecule has 0 spiro atoms. The molecule has 1 N–H and O–H groups in total. The highest BCUT2D eigenvalue weighted by Crippen LogP contribution is 2.46. The smallest absolute Gasteiger partial charge is 0.314 e. The Morgan fingerprint density at radius 1 is 1.21 bits per heavy atom. The van der Waals surface area contributed by atoms with Crippen LogP contribution in [-0.2, 0) is 10.2 Å². The Morgan fingerprint density at radius 2 is 1.89 bits per heavy atom. The molecule has 3 heteroatoms. The lowest BCUT2D eigenvalue weighted by Crippen LogP contribution is -2.37. The van der Waals surface area contributed by atoms with E-state index in [4.69, 9.17) is 0 Å². The first kappa shape index (κ1) is 13.2. The molecule has 0 saturated heterocycles. The second-order valence-corrected chi connectivity index (χ2v) is 6.81. The van der Waals surface area contributed by atoms with E-state index in [9.17, 15) is 9.90 Å². The third-order valence-corrected chi connectivity index (χ3v) is 5.37. The first-order valence-electron chi connectivity index (χ1n) is 7.17. The van der Waals surface area contributed by atoms with Crippen molar-refractivity contribution in [2.45, 2.75) is 56.3 Å². The average molecular weight is 323 g/mol. The lowest BCUT2D eigenvalue weighted by Gasteiger charge is -2.34. The molecule has 1 aromatic rings. The Morgan fingerprint density at radius 3 is 2.42 bits per heavy atom. The number of carboxylic acids is 1. The Bertz CT molecular complexity index is 499. The topological polar surface area (TPSA) is 37.3 Å². The molecule has 19 heavy (non-hydrogen) atoms. The van der Waals surface area contributed by atoms with Gasteiger partial charge in [0.15, 0.2) is 0 Å². The van der Waals surface area contributed by atoms with E-state index in [1.165, 1.54) is 18.4 Å². The van der Waals surface area contributed by atoms with E-state index in [2.05, 4.69) is 34.1 Å². The van der Waals surface area contributed by atoms with Gasteiger partial charge in [0, 0.05) is 4.47 Å². The van der Waals surface area contributed by atoms with Gasteiger partial charge in [-0.3, -0.25) is 4.79 Å². The van der Waals surface area contributed by atoms with Crippen molar-refractivity contribution in [1.82, 2.24) is 0 Å². The van der Waals surface area contributed by atoms with Crippen LogP contribution in [0.2, 0.25) is 0 Å². The zero-order chi connectivity index (χ0) is 13.5. The second kappa shape index (κ2) is 4.93. The van der Waals surface area contributed by atoms with Gasteiger partial charge in [-0.15, -0.1) is 0 Å². The van der Waals surface area contributed by atoms with Crippen molar-refractivity contribution in [3.05, 3.63) is 33.8 Å². The fraction of sp³-hybridized carbons (Fsp3) is 0.562. The molecule has 2 aliphatic carbocycles. The number of halogens is 1. The standard InChI is InChI=1S/C16H19BrO2/c17-14-10-12(6-7-13(14)11-4-5-11)16(15(18)19)8-2-1-3-9-16/h6-7,10-11H,1-5,8-9H2,(H,18,19). The second-order valence-electron chi connectivity index (χ2n) is 5.96. The van der Waals surface area contributed by atoms with Gasteiger partial charge in [-0.05, 0) is 48.8 Å². The third kappa shape index (κ3) is 2.33. The van der Waals surface area contributed by atoms with Crippen molar-refractivity contribution in [2.75, 3.05) is 0 Å². The highest BCUT2D eigenvalue weighted by atomic mass is 79.9. The fourth-order valence-corrected chi connectivity index (χ4v) is 4.03. The number of benzene rings is 1. The van der Waals surface area contributed by atoms with Crippen molar-refractivity contribution >= 4 is 21.9 Å². The predicted molar refractivity (Wildman–Crippen MR) is 78.5 cm³/mol. The Hall–Kier alpha value is -0.830. The molecule has 0 atom stereocenters. The van der Waals surface area contributed by atoms with Crippen LogP contribution in [0.5, 0.6) is 0 Å². The highest BCUT2D eigenvalue weighted by molar-refractivity contribution is 9.10. The molecule has 0 amide bonds. The van der Waals surface area contributed by atoms with Crippen molar-refractivity contribution in [1.29, 1.82) is 0 Å². The van der Waals surface area contributed by atoms with Crippen LogP contribution in [-0.4, -0.2) is 11.1 Å². The molecule has 2 aliphatic rings. The molecule has 0 aliphatic heterocycles. The van der Waals surface area contributed by atoms with Gasteiger partial charge in [-0.25, -0.2) is 0 Å². The fourth-order valence-electron chi connectivity index (χ4n) is 3.33. The Labute approximate surface area is 122 Å². The molecule has 2 nitrogen and oxygen atoms in total. The van der Waals surface area contributed by atoms with Crippen LogP contribution in [0.1, 0.15) is 62.0 Å². The molecule has 2 fully saturated rings. The molecule has 2 saturated carbocycles. The van der Waals surface area contributed by atoms with Crippen LogP contribution in [0.4, 0.5) is 0 Å². The maximum absolute atomic E-state index is 11.8. The van der Waals surface area contributed by atoms with Gasteiger partial charge < -0.3 is 5.11 Å². The summed E-state index contributed by atoms with van der Waals surface area (Å²) in [4.78, 5) is 11.8. The summed E-state index contributed by atoms with van der Waals surface area (Å²) in [7, 11) is 0. The van der Waals surface area contributed by atoms with Crippen LogP contribution in [0, 0.1) is 0 Å². The number of hydrogen-bond donors (Lipinski definition) is 1. The monoisotopic (exact) mass is 322 g/mol. The summed E-state index contributed by atoms with van der Waals surface area (Å²) in [5.74, 6) is 0.0360. The van der Waals surface area contributed by atoms with E-state index in [-0.39, 0.29) is 0 Å². The van der Waals surface area contributed by atoms with Gasteiger partial charge in [0.25, 0.3) is 0 Å². The first-order valence-corrected chi connectivity index (χ1v) is 7.96. The molecule has 1 aromatic carbocycles. The van der Waals surface area contributed by atoms with Gasteiger partial charge in [0.05, 0.1) is 5.41 Å². The van der Waals surface area contributed by atoms with Crippen molar-refractivity contribution in [3.63, 3.8) is 0 Å². The minimum atomic E-state index is -0.654. The molecule has 0 heterocycles. The summed E-state index contributed by atoms with van der Waals surface area (Å²) >= 11 is 3.63. The summed E-state index contributed by atoms with van der Waals surface area (Å²) in [6.07, 6.45) is 7.29. The summed E-state index contributed by atoms with van der Waals surface area (Å²) in [6, 6.07) is 6.25. The number of aliphatic carboxylic acids is 1. The Kier molecular flexibility index (Phi) is 3.42. The minimum absolute atomic E-state index is 0.650. The third-order valence-electron chi connectivity index (χ3n) is 4.69. The lowest BCUT2D eigenvalue weighted by atomic mass is 9.69. The van der Waals surface area contributed by atoms with E-state index in [1.807, 2.05) is 0 Å². The summed E-state index contributed by atoms with van der Waals surface area (Å²) in [6.45, 7) is 0. The van der Waals surface area contributed by atoms with Gasteiger partial charge in [0.2, 0.25) is 0 Å². The van der Waals surface area contributed by atoms with Crippen LogP contribution in [0.15, 0.2) is 22.7 Å². The number of carbonyl (C=O) groups is 1. The van der Waals surface area contributed by atoms with Crippen LogP contribution < -0.4 is 0 Å². The number of rotatable bonds is 3. The maximum atomic E-state index is 11.8. The van der Waals surface area contributed by atoms with Gasteiger partial charge >= 0.3 is 5.97 Å². The largest absolute Gasteiger partial charge is 0.481 e. The lowest BCUT2D eigenvalue weighted by molar-refractivity contribution is -0.145. The maximum Gasteiger partial charge on any atom is 0.314 e. The highest BCUT2D eigenvalue weighted by Gasteiger charge is 2.41. The van der Waals surface area contributed by atoms with E-state index in [0.717, 1.165) is 42.1 Å². The van der Waals surface area contributed by atoms with Crippen molar-refractivity contribution < 1.29 is 9.90 Å². The molecule has 3 rings (SSSR count). The molecule has 0 bridgehead atoms. The van der Waals surface area contributed by atoms with E-state index in [1.54, 1.807) is 0 Å². The Balaban J connectivity index is 1.98. The van der Waals surface area contributed by atoms with E-state index >= 15 is 0 Å². The molecule has 0 aromatic heterocycles. The normalized spacial score (nSPS) is 22.2. The SMILES string of the molecule is O=C(O)C1(c2ccc(C3CC3)c(Br)c2)CCCCC1. The summed E-state index contributed by atoms with van der Waals surface area (Å²) in [5, 5.41) is 9.71. The van der Waals surface area contributed by atoms with Crippen LogP contribution >= 0.6 is 15.9 Å². The molecular formula is C16H19BrO2. The van der Waals surface area contributed by atoms with Crippen LogP contribution in [0.25, 0.3) is 0 Å². The first-order chi connectivity index (χ1) is 9.13. The van der Waals surface area contributed by atoms with E-state index < -0.39 is 11.4 Å². The van der Waals surface area contributed by atoms with Crippen molar-refractivity contribution in [3.8, 4) is 0 Å². The van der Waals surface area contributed by atoms with Crippen LogP contribution in [0.3, 0.4) is 0 Å². The zero-order valence-corrected chi connectivity index (χ0v) is 12.6. The van der Waals surface area contributed by atoms with E-state index in [0.29, 0.717) is 5.92 Å². The summed E-state index contributed by atoms with van der Waals surface area (Å²) in [5.41, 5.74) is 1.68. The predicted octanol–water partition coefficient (Wildman–Crippen LogP) is 4.61. The van der Waals surface area contributed by atoms with Gasteiger partial charge in [-0.1, -0.05) is 47.3 Å². The summed E-state index contributed by atoms with van der Waals surface area (Å²) < 4.78 is 1.10. The molecular weight excluding hydrogens is 304 g/mol.